The molecule has 1 heterocycles. The summed E-state index contributed by atoms with van der Waals surface area (Å²) in [5, 5.41) is 15.1. The fourth-order valence-electron chi connectivity index (χ4n) is 3.19. The van der Waals surface area contributed by atoms with E-state index in [1.54, 1.807) is 0 Å². The highest BCUT2D eigenvalue weighted by atomic mass is 16.7. The summed E-state index contributed by atoms with van der Waals surface area (Å²) in [6.45, 7) is 0.636. The first kappa shape index (κ1) is 20.0. The number of carbonyl (C=O) groups excluding carboxylic acids is 1. The zero-order valence-corrected chi connectivity index (χ0v) is 15.2. The Morgan fingerprint density at radius 2 is 1.96 bits per heavy atom. The van der Waals surface area contributed by atoms with Crippen LogP contribution in [0.15, 0.2) is 30.3 Å². The third-order valence-electron chi connectivity index (χ3n) is 4.57. The number of amides is 3. The molecule has 0 radical (unpaired) electrons. The second-order valence-corrected chi connectivity index (χ2v) is 6.30. The van der Waals surface area contributed by atoms with Gasteiger partial charge < -0.3 is 30.1 Å². The molecule has 1 fully saturated rings. The van der Waals surface area contributed by atoms with Crippen LogP contribution in [0.3, 0.4) is 0 Å². The molecule has 2 atom stereocenters. The maximum atomic E-state index is 12.1. The lowest BCUT2D eigenvalue weighted by Crippen LogP contribution is -2.54. The van der Waals surface area contributed by atoms with Gasteiger partial charge in [0.1, 0.15) is 0 Å². The number of hydrogen-bond acceptors (Lipinski definition) is 4. The molecular weight excluding hydrogens is 338 g/mol. The van der Waals surface area contributed by atoms with E-state index in [2.05, 4.69) is 10.6 Å². The summed E-state index contributed by atoms with van der Waals surface area (Å²) in [4.78, 5) is 25.1. The Morgan fingerprint density at radius 3 is 2.58 bits per heavy atom. The number of nitrogens with zero attached hydrogens (tertiary/aromatic N) is 1. The molecular formula is C18H27N3O5. The highest BCUT2D eigenvalue weighted by Gasteiger charge is 2.32. The third kappa shape index (κ3) is 5.89. The lowest BCUT2D eigenvalue weighted by Gasteiger charge is -2.38. The predicted molar refractivity (Wildman–Crippen MR) is 96.0 cm³/mol. The molecule has 8 nitrogen and oxygen atoms in total. The average molecular weight is 365 g/mol. The molecule has 3 N–H and O–H groups in total. The summed E-state index contributed by atoms with van der Waals surface area (Å²) in [5.41, 5.74) is 1.08. The van der Waals surface area contributed by atoms with Crippen molar-refractivity contribution in [1.29, 1.82) is 0 Å². The normalized spacial score (nSPS) is 20.0. The monoisotopic (exact) mass is 365 g/mol. The van der Waals surface area contributed by atoms with Crippen molar-refractivity contribution in [1.82, 2.24) is 15.5 Å². The van der Waals surface area contributed by atoms with Crippen LogP contribution in [0.2, 0.25) is 0 Å². The van der Waals surface area contributed by atoms with Crippen molar-refractivity contribution in [2.45, 2.75) is 37.6 Å². The zero-order chi connectivity index (χ0) is 18.9. The number of carbonyl (C=O) groups is 2. The largest absolute Gasteiger partial charge is 0.465 e. The molecule has 0 saturated carbocycles. The molecule has 1 saturated heterocycles. The van der Waals surface area contributed by atoms with Gasteiger partial charge in [-0.1, -0.05) is 30.3 Å². The minimum Gasteiger partial charge on any atom is -0.465 e. The first-order valence-electron chi connectivity index (χ1n) is 8.67. The van der Waals surface area contributed by atoms with Crippen LogP contribution < -0.4 is 10.6 Å². The lowest BCUT2D eigenvalue weighted by molar-refractivity contribution is -0.0972. The standard InChI is InChI=1S/C18H27N3O5/c1-25-16(26-2)12-19-17(22)20-14-8-9-21(18(23)24)15(11-14)10-13-6-4-3-5-7-13/h3-7,14-16H,8-12H2,1-2H3,(H,23,24)(H2,19,20,22). The van der Waals surface area contributed by atoms with Crippen molar-refractivity contribution in [3.63, 3.8) is 0 Å². The van der Waals surface area contributed by atoms with Crippen molar-refractivity contribution >= 4 is 12.1 Å². The molecule has 0 aliphatic carbocycles. The quantitative estimate of drug-likeness (QED) is 0.638. The number of likely N-dealkylation sites (tertiary alicyclic amines) is 1. The van der Waals surface area contributed by atoms with Crippen molar-refractivity contribution < 1.29 is 24.2 Å². The number of hydrogen-bond donors (Lipinski definition) is 3. The molecule has 1 aromatic carbocycles. The Morgan fingerprint density at radius 1 is 1.27 bits per heavy atom. The van der Waals surface area contributed by atoms with Gasteiger partial charge in [-0.05, 0) is 24.8 Å². The van der Waals surface area contributed by atoms with Gasteiger partial charge in [0.2, 0.25) is 0 Å². The van der Waals surface area contributed by atoms with Crippen LogP contribution in [0.4, 0.5) is 9.59 Å². The summed E-state index contributed by atoms with van der Waals surface area (Å²) in [5.74, 6) is 0. The molecule has 0 bridgehead atoms. The fourth-order valence-corrected chi connectivity index (χ4v) is 3.19. The first-order chi connectivity index (χ1) is 12.5. The Kier molecular flexibility index (Phi) is 7.68. The van der Waals surface area contributed by atoms with Crippen LogP contribution in [0, 0.1) is 0 Å². The summed E-state index contributed by atoms with van der Waals surface area (Å²) < 4.78 is 10.1. The Balaban J connectivity index is 1.91. The van der Waals surface area contributed by atoms with Crippen molar-refractivity contribution in [3.8, 4) is 0 Å². The summed E-state index contributed by atoms with van der Waals surface area (Å²) >= 11 is 0. The van der Waals surface area contributed by atoms with Gasteiger partial charge in [-0.3, -0.25) is 0 Å². The number of benzene rings is 1. The second kappa shape index (κ2) is 9.98. The number of piperidine rings is 1. The van der Waals surface area contributed by atoms with Crippen LogP contribution in [0.25, 0.3) is 0 Å². The maximum Gasteiger partial charge on any atom is 0.407 e. The van der Waals surface area contributed by atoms with E-state index in [1.165, 1.54) is 19.1 Å². The van der Waals surface area contributed by atoms with Crippen LogP contribution in [0.5, 0.6) is 0 Å². The van der Waals surface area contributed by atoms with E-state index in [9.17, 15) is 14.7 Å². The Hall–Kier alpha value is -2.32. The van der Waals surface area contributed by atoms with Crippen molar-refractivity contribution in [2.75, 3.05) is 27.3 Å². The second-order valence-electron chi connectivity index (χ2n) is 6.30. The number of urea groups is 1. The summed E-state index contributed by atoms with van der Waals surface area (Å²) in [6, 6.07) is 9.22. The van der Waals surface area contributed by atoms with Gasteiger partial charge >= 0.3 is 12.1 Å². The van der Waals surface area contributed by atoms with E-state index in [1.807, 2.05) is 30.3 Å². The minimum absolute atomic E-state index is 0.0807. The molecule has 0 aromatic heterocycles. The van der Waals surface area contributed by atoms with Crippen molar-refractivity contribution in [3.05, 3.63) is 35.9 Å². The van der Waals surface area contributed by atoms with E-state index >= 15 is 0 Å². The first-order valence-corrected chi connectivity index (χ1v) is 8.67. The summed E-state index contributed by atoms with van der Waals surface area (Å²) in [6.07, 6.45) is 0.370. The van der Waals surface area contributed by atoms with Gasteiger partial charge in [0.05, 0.1) is 6.54 Å². The number of carboxylic acid groups (broad SMARTS) is 1. The predicted octanol–water partition coefficient (Wildman–Crippen LogP) is 1.66. The Labute approximate surface area is 153 Å². The smallest absolute Gasteiger partial charge is 0.407 e. The van der Waals surface area contributed by atoms with Crippen LogP contribution in [-0.2, 0) is 15.9 Å². The van der Waals surface area contributed by atoms with Gasteiger partial charge in [0.25, 0.3) is 0 Å². The number of ether oxygens (including phenoxy) is 2. The molecule has 1 aliphatic heterocycles. The molecule has 26 heavy (non-hydrogen) atoms. The molecule has 144 valence electrons. The zero-order valence-electron chi connectivity index (χ0n) is 15.2. The number of rotatable bonds is 7. The minimum atomic E-state index is -0.920. The highest BCUT2D eigenvalue weighted by molar-refractivity contribution is 5.74. The topological polar surface area (TPSA) is 100 Å². The number of methoxy groups -OCH3 is 2. The highest BCUT2D eigenvalue weighted by Crippen LogP contribution is 2.21. The van der Waals surface area contributed by atoms with E-state index in [0.717, 1.165) is 5.56 Å². The molecule has 1 aliphatic rings. The summed E-state index contributed by atoms with van der Waals surface area (Å²) in [7, 11) is 3.01. The molecule has 0 spiro atoms. The van der Waals surface area contributed by atoms with Gasteiger partial charge in [0, 0.05) is 32.8 Å². The third-order valence-corrected chi connectivity index (χ3v) is 4.57. The van der Waals surface area contributed by atoms with E-state index in [-0.39, 0.29) is 24.7 Å². The van der Waals surface area contributed by atoms with Crippen LogP contribution in [0.1, 0.15) is 18.4 Å². The maximum absolute atomic E-state index is 12.1. The molecule has 2 unspecified atom stereocenters. The van der Waals surface area contributed by atoms with Gasteiger partial charge in [-0.2, -0.15) is 0 Å². The number of nitrogens with one attached hydrogen (secondary N) is 2. The lowest BCUT2D eigenvalue weighted by atomic mass is 9.92. The van der Waals surface area contributed by atoms with Crippen molar-refractivity contribution in [2.24, 2.45) is 0 Å². The van der Waals surface area contributed by atoms with Gasteiger partial charge in [-0.25, -0.2) is 9.59 Å². The van der Waals surface area contributed by atoms with Crippen LogP contribution in [-0.4, -0.2) is 67.8 Å². The SMILES string of the molecule is COC(CNC(=O)NC1CCN(C(=O)O)C(Cc2ccccc2)C1)OC. The van der Waals surface area contributed by atoms with E-state index in [0.29, 0.717) is 25.8 Å². The fraction of sp³-hybridized carbons (Fsp3) is 0.556. The van der Waals surface area contributed by atoms with Gasteiger partial charge in [-0.15, -0.1) is 0 Å². The molecule has 2 rings (SSSR count). The molecule has 3 amide bonds. The van der Waals surface area contributed by atoms with Crippen LogP contribution >= 0.6 is 0 Å². The van der Waals surface area contributed by atoms with Gasteiger partial charge in [0.15, 0.2) is 6.29 Å². The Bertz CT molecular complexity index is 579. The van der Waals surface area contributed by atoms with E-state index < -0.39 is 12.4 Å². The molecule has 1 aromatic rings. The van der Waals surface area contributed by atoms with E-state index in [4.69, 9.17) is 9.47 Å². The molecule has 8 heteroatoms. The average Bonchev–Trinajstić information content (AvgIpc) is 2.63.